The molecule has 1 nitrogen and oxygen atoms in total. The van der Waals surface area contributed by atoms with Gasteiger partial charge in [0.2, 0.25) is 0 Å². The fourth-order valence-electron chi connectivity index (χ4n) is 6.49. The van der Waals surface area contributed by atoms with Gasteiger partial charge in [0.15, 0.2) is 0 Å². The number of rotatable bonds is 11. The van der Waals surface area contributed by atoms with Crippen LogP contribution in [0.15, 0.2) is 72.8 Å². The van der Waals surface area contributed by atoms with Gasteiger partial charge in [-0.05, 0) is 125 Å². The lowest BCUT2D eigenvalue weighted by atomic mass is 9.77. The van der Waals surface area contributed by atoms with Gasteiger partial charge in [0.25, 0.3) is 0 Å². The second-order valence-electron chi connectivity index (χ2n) is 11.5. The van der Waals surface area contributed by atoms with Gasteiger partial charge in [-0.25, -0.2) is 0 Å². The average Bonchev–Trinajstić information content (AvgIpc) is 2.95. The van der Waals surface area contributed by atoms with Crippen LogP contribution in [0.5, 0.6) is 0 Å². The van der Waals surface area contributed by atoms with Crippen molar-refractivity contribution in [2.24, 2.45) is 11.8 Å². The largest absolute Gasteiger partial charge is 0.383 e. The molecule has 2 saturated carbocycles. The molecule has 0 aromatic heterocycles. The highest BCUT2D eigenvalue weighted by atomic mass is 19.3. The minimum atomic E-state index is -3.27. The van der Waals surface area contributed by atoms with Crippen molar-refractivity contribution in [2.75, 3.05) is 6.61 Å². The van der Waals surface area contributed by atoms with Crippen molar-refractivity contribution < 1.29 is 13.5 Å². The lowest BCUT2D eigenvalue weighted by Gasteiger charge is -2.28. The Labute approximate surface area is 229 Å². The minimum Gasteiger partial charge on any atom is -0.316 e. The van der Waals surface area contributed by atoms with Gasteiger partial charge in [0.1, 0.15) is 0 Å². The van der Waals surface area contributed by atoms with E-state index in [1.165, 1.54) is 62.5 Å². The van der Waals surface area contributed by atoms with Crippen LogP contribution in [0, 0.1) is 11.8 Å². The maximum absolute atomic E-state index is 14.8. The summed E-state index contributed by atoms with van der Waals surface area (Å²) in [5.41, 5.74) is 3.56. The fourth-order valence-corrected chi connectivity index (χ4v) is 6.49. The molecule has 2 aromatic rings. The Morgan fingerprint density at radius 1 is 0.763 bits per heavy atom. The molecule has 3 heteroatoms. The predicted molar refractivity (Wildman–Crippen MR) is 155 cm³/mol. The molecule has 0 atom stereocenters. The monoisotopic (exact) mass is 520 g/mol. The summed E-state index contributed by atoms with van der Waals surface area (Å²) >= 11 is 0. The fraction of sp³-hybridized carbons (Fsp3) is 0.543. The molecule has 2 fully saturated rings. The normalized spacial score (nSPS) is 24.8. The highest BCUT2D eigenvalue weighted by Gasteiger charge is 2.33. The van der Waals surface area contributed by atoms with E-state index in [4.69, 9.17) is 4.74 Å². The van der Waals surface area contributed by atoms with Crippen LogP contribution >= 0.6 is 0 Å². The third kappa shape index (κ3) is 8.12. The smallest absolute Gasteiger partial charge is 0.316 e. The molecule has 0 heterocycles. The first-order chi connectivity index (χ1) is 18.5. The average molecular weight is 521 g/mol. The molecule has 206 valence electrons. The second-order valence-corrected chi connectivity index (χ2v) is 11.5. The van der Waals surface area contributed by atoms with Crippen LogP contribution in [0.1, 0.15) is 112 Å². The third-order valence-electron chi connectivity index (χ3n) is 8.90. The zero-order valence-electron chi connectivity index (χ0n) is 23.4. The van der Waals surface area contributed by atoms with Gasteiger partial charge in [-0.15, -0.1) is 0 Å². The van der Waals surface area contributed by atoms with Gasteiger partial charge in [0.05, 0.1) is 12.2 Å². The molecule has 0 spiro atoms. The molecule has 2 aliphatic carbocycles. The van der Waals surface area contributed by atoms with Crippen LogP contribution in [0.4, 0.5) is 8.78 Å². The van der Waals surface area contributed by atoms with Gasteiger partial charge in [-0.2, -0.15) is 8.78 Å². The molecule has 0 saturated heterocycles. The molecule has 0 unspecified atom stereocenters. The lowest BCUT2D eigenvalue weighted by molar-refractivity contribution is -0.248. The summed E-state index contributed by atoms with van der Waals surface area (Å²) < 4.78 is 34.6. The summed E-state index contributed by atoms with van der Waals surface area (Å²) in [5.74, 6) is 2.64. The van der Waals surface area contributed by atoms with Crippen LogP contribution in [-0.4, -0.2) is 6.61 Å². The van der Waals surface area contributed by atoms with Gasteiger partial charge < -0.3 is 4.74 Å². The molecule has 2 aliphatic rings. The van der Waals surface area contributed by atoms with Gasteiger partial charge in [-0.1, -0.05) is 72.8 Å². The van der Waals surface area contributed by atoms with Crippen molar-refractivity contribution in [3.63, 3.8) is 0 Å². The number of alkyl halides is 2. The van der Waals surface area contributed by atoms with E-state index in [9.17, 15) is 8.78 Å². The van der Waals surface area contributed by atoms with E-state index in [1.54, 1.807) is 12.1 Å². The Morgan fingerprint density at radius 2 is 1.34 bits per heavy atom. The summed E-state index contributed by atoms with van der Waals surface area (Å²) in [5, 5.41) is 0. The minimum absolute atomic E-state index is 0.000370. The Morgan fingerprint density at radius 3 is 1.92 bits per heavy atom. The third-order valence-corrected chi connectivity index (χ3v) is 8.90. The maximum atomic E-state index is 14.8. The summed E-state index contributed by atoms with van der Waals surface area (Å²) in [6.45, 7) is 4.16. The van der Waals surface area contributed by atoms with Crippen molar-refractivity contribution in [3.05, 3.63) is 95.1 Å². The Balaban J connectivity index is 1.21. The Hall–Kier alpha value is -2.26. The topological polar surface area (TPSA) is 9.23 Å². The summed E-state index contributed by atoms with van der Waals surface area (Å²) in [4.78, 5) is 0. The van der Waals surface area contributed by atoms with Crippen molar-refractivity contribution in [3.8, 4) is 0 Å². The number of benzene rings is 2. The first-order valence-corrected chi connectivity index (χ1v) is 14.9. The number of halogens is 2. The van der Waals surface area contributed by atoms with Gasteiger partial charge >= 0.3 is 6.11 Å². The van der Waals surface area contributed by atoms with Crippen LogP contribution < -0.4 is 0 Å². The highest BCUT2D eigenvalue weighted by molar-refractivity contribution is 5.28. The van der Waals surface area contributed by atoms with E-state index < -0.39 is 6.11 Å². The van der Waals surface area contributed by atoms with E-state index in [0.29, 0.717) is 24.2 Å². The number of allylic oxidation sites excluding steroid dienone is 4. The van der Waals surface area contributed by atoms with Crippen LogP contribution in [0.25, 0.3) is 0 Å². The molecule has 2 aromatic carbocycles. The predicted octanol–water partition coefficient (Wildman–Crippen LogP) is 10.5. The van der Waals surface area contributed by atoms with E-state index in [1.807, 2.05) is 12.1 Å². The van der Waals surface area contributed by atoms with Crippen molar-refractivity contribution in [2.45, 2.75) is 102 Å². The molecule has 38 heavy (non-hydrogen) atoms. The van der Waals surface area contributed by atoms with E-state index >= 15 is 0 Å². The molecule has 0 aliphatic heterocycles. The van der Waals surface area contributed by atoms with Gasteiger partial charge in [0, 0.05) is 0 Å². The molecule has 0 N–H and O–H groups in total. The second kappa shape index (κ2) is 14.2. The quantitative estimate of drug-likeness (QED) is 0.268. The molecular weight excluding hydrogens is 474 g/mol. The summed E-state index contributed by atoms with van der Waals surface area (Å²) in [7, 11) is 0. The molecule has 0 radical (unpaired) electrons. The Kier molecular flexibility index (Phi) is 10.8. The van der Waals surface area contributed by atoms with Crippen molar-refractivity contribution in [1.29, 1.82) is 0 Å². The first kappa shape index (κ1) is 28.7. The molecular formula is C35H46F2O. The highest BCUT2D eigenvalue weighted by Crippen LogP contribution is 2.39. The lowest BCUT2D eigenvalue weighted by Crippen LogP contribution is -2.20. The van der Waals surface area contributed by atoms with E-state index in [2.05, 4.69) is 62.4 Å². The first-order valence-electron chi connectivity index (χ1n) is 14.9. The van der Waals surface area contributed by atoms with E-state index in [-0.39, 0.29) is 12.2 Å². The molecule has 0 amide bonds. The standard InChI is InChI=1S/C35H46F2O/c1-3-5-6-8-28-11-17-30(18-12-28)31-19-13-29(14-20-31)25-26-38-35(36,37)34-23-21-33(22-24-34)32-15-9-27(7-4-2)10-16-32/h3-5,7,13-14,19-24,27-28,30,32H,6,8-12,15-18,25-26H2,1-2H3. The zero-order valence-corrected chi connectivity index (χ0v) is 23.4. The van der Waals surface area contributed by atoms with Crippen molar-refractivity contribution in [1.82, 2.24) is 0 Å². The Bertz CT molecular complexity index is 1000. The van der Waals surface area contributed by atoms with Crippen molar-refractivity contribution >= 4 is 0 Å². The maximum Gasteiger partial charge on any atom is 0.383 e. The molecule has 4 rings (SSSR count). The number of ether oxygens (including phenoxy) is 1. The van der Waals surface area contributed by atoms with E-state index in [0.717, 1.165) is 24.3 Å². The zero-order chi connectivity index (χ0) is 26.8. The molecule has 0 bridgehead atoms. The van der Waals surface area contributed by atoms with Crippen LogP contribution in [-0.2, 0) is 17.3 Å². The summed E-state index contributed by atoms with van der Waals surface area (Å²) in [6, 6.07) is 15.4. The van der Waals surface area contributed by atoms with Gasteiger partial charge in [-0.3, -0.25) is 0 Å². The number of hydrogen-bond donors (Lipinski definition) is 0. The van der Waals surface area contributed by atoms with Crippen LogP contribution in [0.2, 0.25) is 0 Å². The van der Waals surface area contributed by atoms with Crippen LogP contribution in [0.3, 0.4) is 0 Å². The SMILES string of the molecule is CC=CCCC1CCC(c2ccc(CCOC(F)(F)c3ccc(C4CCC(C=CC)CC4)cc3)cc2)CC1. The summed E-state index contributed by atoms with van der Waals surface area (Å²) in [6.07, 6.45) is 18.3. The number of hydrogen-bond acceptors (Lipinski definition) is 1.